The third-order valence-electron chi connectivity index (χ3n) is 2.66. The Morgan fingerprint density at radius 1 is 1.42 bits per heavy atom. The number of likely N-dealkylation sites (N-methyl/N-ethyl adjacent to an activating group) is 1. The molecule has 0 aliphatic carbocycles. The van der Waals surface area contributed by atoms with E-state index in [-0.39, 0.29) is 28.9 Å². The molecule has 6 nitrogen and oxygen atoms in total. The van der Waals surface area contributed by atoms with Gasteiger partial charge in [0.15, 0.2) is 0 Å². The molecule has 0 unspecified atom stereocenters. The summed E-state index contributed by atoms with van der Waals surface area (Å²) >= 11 is 5.70. The van der Waals surface area contributed by atoms with Crippen LogP contribution in [0.4, 0.5) is 5.69 Å². The van der Waals surface area contributed by atoms with Crippen LogP contribution in [0.1, 0.15) is 24.2 Å². The summed E-state index contributed by atoms with van der Waals surface area (Å²) in [7, 11) is 0. The Labute approximate surface area is 116 Å². The third kappa shape index (κ3) is 4.10. The molecule has 7 heteroatoms. The van der Waals surface area contributed by atoms with E-state index in [9.17, 15) is 9.59 Å². The maximum absolute atomic E-state index is 11.9. The summed E-state index contributed by atoms with van der Waals surface area (Å²) in [6, 6.07) is 1.37. The lowest BCUT2D eigenvalue weighted by Gasteiger charge is -2.18. The number of rotatable bonds is 5. The van der Waals surface area contributed by atoms with Crippen LogP contribution in [0.25, 0.3) is 0 Å². The third-order valence-corrected chi connectivity index (χ3v) is 2.87. The second-order valence-corrected chi connectivity index (χ2v) is 4.23. The minimum Gasteiger partial charge on any atom is -0.397 e. The number of nitrogens with two attached hydrogens (primary N) is 1. The van der Waals surface area contributed by atoms with Crippen molar-refractivity contribution in [2.75, 3.05) is 25.4 Å². The molecule has 2 amide bonds. The second-order valence-electron chi connectivity index (χ2n) is 3.84. The SMILES string of the molecule is CCN(CC)C(=O)CNC(=O)c1cc(Cl)ncc1N. The fourth-order valence-corrected chi connectivity index (χ4v) is 1.73. The van der Waals surface area contributed by atoms with Gasteiger partial charge < -0.3 is 16.0 Å². The highest BCUT2D eigenvalue weighted by molar-refractivity contribution is 6.29. The number of amides is 2. The molecule has 0 saturated carbocycles. The van der Waals surface area contributed by atoms with Crippen molar-refractivity contribution in [3.8, 4) is 0 Å². The lowest BCUT2D eigenvalue weighted by atomic mass is 10.2. The van der Waals surface area contributed by atoms with Gasteiger partial charge in [0.2, 0.25) is 5.91 Å². The van der Waals surface area contributed by atoms with Gasteiger partial charge in [0.25, 0.3) is 5.91 Å². The van der Waals surface area contributed by atoms with E-state index >= 15 is 0 Å². The van der Waals surface area contributed by atoms with Crippen molar-refractivity contribution < 1.29 is 9.59 Å². The van der Waals surface area contributed by atoms with Crippen molar-refractivity contribution in [3.63, 3.8) is 0 Å². The maximum atomic E-state index is 11.9. The Morgan fingerprint density at radius 3 is 2.63 bits per heavy atom. The summed E-state index contributed by atoms with van der Waals surface area (Å²) in [5.74, 6) is -0.584. The number of carbonyl (C=O) groups excluding carboxylic acids is 2. The molecule has 1 aromatic rings. The van der Waals surface area contributed by atoms with Crippen LogP contribution >= 0.6 is 11.6 Å². The molecule has 19 heavy (non-hydrogen) atoms. The molecule has 0 aliphatic heterocycles. The molecule has 0 aromatic carbocycles. The van der Waals surface area contributed by atoms with Crippen LogP contribution in [-0.2, 0) is 4.79 Å². The average molecular weight is 285 g/mol. The van der Waals surface area contributed by atoms with E-state index in [2.05, 4.69) is 10.3 Å². The molecule has 3 N–H and O–H groups in total. The molecule has 104 valence electrons. The normalized spacial score (nSPS) is 10.1. The monoisotopic (exact) mass is 284 g/mol. The van der Waals surface area contributed by atoms with E-state index in [1.165, 1.54) is 12.3 Å². The number of halogens is 1. The summed E-state index contributed by atoms with van der Waals surface area (Å²) in [6.45, 7) is 4.90. The van der Waals surface area contributed by atoms with E-state index in [0.717, 1.165) is 0 Å². The highest BCUT2D eigenvalue weighted by Gasteiger charge is 2.14. The van der Waals surface area contributed by atoms with Gasteiger partial charge in [-0.25, -0.2) is 4.98 Å². The van der Waals surface area contributed by atoms with E-state index in [0.29, 0.717) is 13.1 Å². The lowest BCUT2D eigenvalue weighted by Crippen LogP contribution is -2.40. The van der Waals surface area contributed by atoms with Gasteiger partial charge in [-0.15, -0.1) is 0 Å². The van der Waals surface area contributed by atoms with Gasteiger partial charge in [-0.05, 0) is 19.9 Å². The van der Waals surface area contributed by atoms with Crippen molar-refractivity contribution in [1.82, 2.24) is 15.2 Å². The molecule has 1 rings (SSSR count). The Kier molecular flexibility index (Phi) is 5.57. The number of anilines is 1. The Morgan fingerprint density at radius 2 is 2.05 bits per heavy atom. The number of carbonyl (C=O) groups is 2. The first kappa shape index (κ1) is 15.2. The maximum Gasteiger partial charge on any atom is 0.253 e. The molecule has 0 saturated heterocycles. The molecule has 0 fully saturated rings. The predicted molar refractivity (Wildman–Crippen MR) is 73.9 cm³/mol. The fraction of sp³-hybridized carbons (Fsp3) is 0.417. The Balaban J connectivity index is 2.65. The molecule has 0 atom stereocenters. The van der Waals surface area contributed by atoms with E-state index in [1.54, 1.807) is 4.90 Å². The number of hydrogen-bond acceptors (Lipinski definition) is 4. The smallest absolute Gasteiger partial charge is 0.253 e. The minimum atomic E-state index is -0.442. The van der Waals surface area contributed by atoms with Crippen molar-refractivity contribution in [2.45, 2.75) is 13.8 Å². The van der Waals surface area contributed by atoms with Crippen LogP contribution in [0.15, 0.2) is 12.3 Å². The van der Waals surface area contributed by atoms with Crippen molar-refractivity contribution in [2.24, 2.45) is 0 Å². The molecule has 0 bridgehead atoms. The van der Waals surface area contributed by atoms with E-state index in [1.807, 2.05) is 13.8 Å². The number of pyridine rings is 1. The van der Waals surface area contributed by atoms with Crippen molar-refractivity contribution in [3.05, 3.63) is 23.0 Å². The highest BCUT2D eigenvalue weighted by atomic mass is 35.5. The minimum absolute atomic E-state index is 0.0695. The van der Waals surface area contributed by atoms with Crippen LogP contribution in [0.3, 0.4) is 0 Å². The molecule has 1 heterocycles. The Bertz CT molecular complexity index is 475. The fourth-order valence-electron chi connectivity index (χ4n) is 1.58. The molecule has 1 aromatic heterocycles. The zero-order valence-corrected chi connectivity index (χ0v) is 11.7. The standard InChI is InChI=1S/C12H17ClN4O2/c1-3-17(4-2)11(18)7-16-12(19)8-5-10(13)15-6-9(8)14/h5-6H,3-4,7,14H2,1-2H3,(H,16,19). The predicted octanol–water partition coefficient (Wildman–Crippen LogP) is 0.915. The number of hydrogen-bond donors (Lipinski definition) is 2. The number of nitrogens with one attached hydrogen (secondary N) is 1. The quantitative estimate of drug-likeness (QED) is 0.787. The highest BCUT2D eigenvalue weighted by Crippen LogP contribution is 2.14. The van der Waals surface area contributed by atoms with Crippen LogP contribution in [0, 0.1) is 0 Å². The largest absolute Gasteiger partial charge is 0.397 e. The molecular formula is C12H17ClN4O2. The summed E-state index contributed by atoms with van der Waals surface area (Å²) in [4.78, 5) is 29.0. The summed E-state index contributed by atoms with van der Waals surface area (Å²) in [6.07, 6.45) is 1.31. The average Bonchev–Trinajstić information content (AvgIpc) is 2.40. The van der Waals surface area contributed by atoms with Gasteiger partial charge >= 0.3 is 0 Å². The molecule has 0 aliphatic rings. The topological polar surface area (TPSA) is 88.3 Å². The van der Waals surface area contributed by atoms with Crippen LogP contribution < -0.4 is 11.1 Å². The van der Waals surface area contributed by atoms with Gasteiger partial charge in [-0.2, -0.15) is 0 Å². The van der Waals surface area contributed by atoms with Crippen LogP contribution in [0.2, 0.25) is 5.15 Å². The van der Waals surface area contributed by atoms with E-state index in [4.69, 9.17) is 17.3 Å². The molecule has 0 radical (unpaired) electrons. The van der Waals surface area contributed by atoms with E-state index < -0.39 is 5.91 Å². The molecular weight excluding hydrogens is 268 g/mol. The zero-order valence-electron chi connectivity index (χ0n) is 10.9. The summed E-state index contributed by atoms with van der Waals surface area (Å²) < 4.78 is 0. The second kappa shape index (κ2) is 6.94. The Hall–Kier alpha value is -1.82. The number of aromatic nitrogens is 1. The summed E-state index contributed by atoms with van der Waals surface area (Å²) in [5, 5.41) is 2.69. The van der Waals surface area contributed by atoms with Gasteiger partial charge in [-0.1, -0.05) is 11.6 Å². The first-order valence-corrected chi connectivity index (χ1v) is 6.34. The zero-order chi connectivity index (χ0) is 14.4. The number of nitrogens with zero attached hydrogens (tertiary/aromatic N) is 2. The van der Waals surface area contributed by atoms with Crippen LogP contribution in [-0.4, -0.2) is 41.3 Å². The van der Waals surface area contributed by atoms with Crippen molar-refractivity contribution >= 4 is 29.1 Å². The lowest BCUT2D eigenvalue weighted by molar-refractivity contribution is -0.129. The first-order chi connectivity index (χ1) is 8.99. The van der Waals surface area contributed by atoms with Gasteiger partial charge in [0.1, 0.15) is 5.15 Å². The van der Waals surface area contributed by atoms with Crippen LogP contribution in [0.5, 0.6) is 0 Å². The van der Waals surface area contributed by atoms with Gasteiger partial charge in [0, 0.05) is 13.1 Å². The number of nitrogen functional groups attached to an aromatic ring is 1. The van der Waals surface area contributed by atoms with Crippen molar-refractivity contribution in [1.29, 1.82) is 0 Å². The molecule has 0 spiro atoms. The van der Waals surface area contributed by atoms with Gasteiger partial charge in [0.05, 0.1) is 24.0 Å². The first-order valence-electron chi connectivity index (χ1n) is 5.96. The summed E-state index contributed by atoms with van der Waals surface area (Å²) in [5.41, 5.74) is 6.07. The van der Waals surface area contributed by atoms with Gasteiger partial charge in [-0.3, -0.25) is 9.59 Å².